The maximum atomic E-state index is 13.4. The summed E-state index contributed by atoms with van der Waals surface area (Å²) in [6, 6.07) is 15.2. The molecule has 1 aliphatic rings. The number of ether oxygens (including phenoxy) is 1. The molecule has 2 N–H and O–H groups in total. The van der Waals surface area contributed by atoms with Crippen LogP contribution in [0, 0.1) is 12.7 Å². The van der Waals surface area contributed by atoms with Crippen molar-refractivity contribution in [2.45, 2.75) is 38.6 Å². The lowest BCUT2D eigenvalue weighted by Gasteiger charge is -2.39. The molecule has 0 unspecified atom stereocenters. The van der Waals surface area contributed by atoms with E-state index in [0.29, 0.717) is 6.54 Å². The van der Waals surface area contributed by atoms with Crippen molar-refractivity contribution in [2.24, 2.45) is 4.99 Å². The zero-order valence-corrected chi connectivity index (χ0v) is 16.8. The van der Waals surface area contributed by atoms with Gasteiger partial charge in [0.05, 0.1) is 6.54 Å². The van der Waals surface area contributed by atoms with Gasteiger partial charge in [-0.25, -0.2) is 9.38 Å². The smallest absolute Gasteiger partial charge is 0.191 e. The number of guanidine groups is 1. The van der Waals surface area contributed by atoms with Crippen LogP contribution in [0.25, 0.3) is 0 Å². The first-order chi connectivity index (χ1) is 13.6. The van der Waals surface area contributed by atoms with Gasteiger partial charge in [0, 0.05) is 31.7 Å². The molecular weight excluding hydrogens is 353 g/mol. The molecular formula is C23H30FN3O. The molecule has 0 amide bonds. The first-order valence-corrected chi connectivity index (χ1v) is 10.0. The molecule has 1 aliphatic heterocycles. The van der Waals surface area contributed by atoms with Crippen molar-refractivity contribution in [3.63, 3.8) is 0 Å². The quantitative estimate of drug-likeness (QED) is 0.587. The lowest BCUT2D eigenvalue weighted by Crippen LogP contribution is -2.48. The van der Waals surface area contributed by atoms with E-state index in [1.807, 2.05) is 13.0 Å². The largest absolute Gasteiger partial charge is 0.381 e. The summed E-state index contributed by atoms with van der Waals surface area (Å²) in [5.41, 5.74) is 3.58. The number of aliphatic imine (C=N–C) groups is 1. The van der Waals surface area contributed by atoms with Crippen LogP contribution >= 0.6 is 0 Å². The fourth-order valence-corrected chi connectivity index (χ4v) is 3.87. The Balaban J connectivity index is 1.76. The molecule has 5 heteroatoms. The summed E-state index contributed by atoms with van der Waals surface area (Å²) in [5.74, 6) is 0.526. The van der Waals surface area contributed by atoms with Crippen LogP contribution in [0.5, 0.6) is 0 Å². The third kappa shape index (κ3) is 5.10. The normalized spacial score (nSPS) is 16.6. The van der Waals surface area contributed by atoms with Gasteiger partial charge in [-0.05, 0) is 55.5 Å². The molecule has 0 atom stereocenters. The van der Waals surface area contributed by atoms with E-state index in [4.69, 9.17) is 4.74 Å². The molecule has 1 heterocycles. The van der Waals surface area contributed by atoms with Gasteiger partial charge in [-0.1, -0.05) is 36.4 Å². The van der Waals surface area contributed by atoms with Crippen LogP contribution in [-0.2, 0) is 16.7 Å². The van der Waals surface area contributed by atoms with Gasteiger partial charge in [0.1, 0.15) is 5.82 Å². The Morgan fingerprint density at radius 1 is 1.11 bits per heavy atom. The van der Waals surface area contributed by atoms with Crippen LogP contribution in [-0.4, -0.2) is 32.3 Å². The highest BCUT2D eigenvalue weighted by Crippen LogP contribution is 2.36. The van der Waals surface area contributed by atoms with Crippen LogP contribution in [0.2, 0.25) is 0 Å². The summed E-state index contributed by atoms with van der Waals surface area (Å²) < 4.78 is 19.1. The van der Waals surface area contributed by atoms with Crippen LogP contribution in [0.1, 0.15) is 36.5 Å². The minimum absolute atomic E-state index is 0.0264. The molecule has 2 aromatic carbocycles. The van der Waals surface area contributed by atoms with E-state index < -0.39 is 0 Å². The SMILES string of the molecule is CCNC(=NCc1cccc(F)c1)NCC1(c2ccccc2C)CCOCC1. The summed E-state index contributed by atoms with van der Waals surface area (Å²) in [6.07, 6.45) is 1.96. The lowest BCUT2D eigenvalue weighted by atomic mass is 9.72. The number of hydrogen-bond acceptors (Lipinski definition) is 2. The Labute approximate surface area is 167 Å². The van der Waals surface area contributed by atoms with Gasteiger partial charge in [0.15, 0.2) is 5.96 Å². The van der Waals surface area contributed by atoms with Gasteiger partial charge in [-0.15, -0.1) is 0 Å². The summed E-state index contributed by atoms with van der Waals surface area (Å²) in [6.45, 7) is 7.76. The van der Waals surface area contributed by atoms with Crippen molar-refractivity contribution in [3.05, 3.63) is 71.0 Å². The van der Waals surface area contributed by atoms with Gasteiger partial charge in [0.2, 0.25) is 0 Å². The summed E-state index contributed by atoms with van der Waals surface area (Å²) in [5, 5.41) is 6.84. The lowest BCUT2D eigenvalue weighted by molar-refractivity contribution is 0.0512. The topological polar surface area (TPSA) is 45.7 Å². The van der Waals surface area contributed by atoms with Crippen LogP contribution < -0.4 is 10.6 Å². The molecule has 3 rings (SSSR count). The predicted molar refractivity (Wildman–Crippen MR) is 112 cm³/mol. The number of rotatable bonds is 6. The van der Waals surface area contributed by atoms with Crippen molar-refractivity contribution in [2.75, 3.05) is 26.3 Å². The second-order valence-electron chi connectivity index (χ2n) is 7.39. The second-order valence-corrected chi connectivity index (χ2v) is 7.39. The van der Waals surface area contributed by atoms with Crippen LogP contribution in [0.4, 0.5) is 4.39 Å². The number of nitrogens with zero attached hydrogens (tertiary/aromatic N) is 1. The van der Waals surface area contributed by atoms with E-state index in [1.165, 1.54) is 23.3 Å². The molecule has 150 valence electrons. The van der Waals surface area contributed by atoms with E-state index in [2.05, 4.69) is 46.8 Å². The third-order valence-electron chi connectivity index (χ3n) is 5.41. The molecule has 1 saturated heterocycles. The van der Waals surface area contributed by atoms with E-state index in [9.17, 15) is 4.39 Å². The molecule has 0 saturated carbocycles. The molecule has 0 bridgehead atoms. The zero-order chi connectivity index (χ0) is 19.8. The molecule has 0 radical (unpaired) electrons. The highest BCUT2D eigenvalue weighted by atomic mass is 19.1. The van der Waals surface area contributed by atoms with Crippen LogP contribution in [0.15, 0.2) is 53.5 Å². The van der Waals surface area contributed by atoms with Crippen molar-refractivity contribution < 1.29 is 9.13 Å². The van der Waals surface area contributed by atoms with Crippen molar-refractivity contribution in [3.8, 4) is 0 Å². The molecule has 1 fully saturated rings. The van der Waals surface area contributed by atoms with Gasteiger partial charge < -0.3 is 15.4 Å². The molecule has 2 aromatic rings. The van der Waals surface area contributed by atoms with Gasteiger partial charge in [-0.2, -0.15) is 0 Å². The Morgan fingerprint density at radius 2 is 1.89 bits per heavy atom. The Hall–Kier alpha value is -2.40. The molecule has 0 aromatic heterocycles. The summed E-state index contributed by atoms with van der Waals surface area (Å²) in [7, 11) is 0. The van der Waals surface area contributed by atoms with Gasteiger partial charge in [-0.3, -0.25) is 0 Å². The number of nitrogens with one attached hydrogen (secondary N) is 2. The predicted octanol–water partition coefficient (Wildman–Crippen LogP) is 3.94. The Morgan fingerprint density at radius 3 is 2.61 bits per heavy atom. The number of halogens is 1. The van der Waals surface area contributed by atoms with Crippen LogP contribution in [0.3, 0.4) is 0 Å². The number of aryl methyl sites for hydroxylation is 1. The highest BCUT2D eigenvalue weighted by molar-refractivity contribution is 5.79. The van der Waals surface area contributed by atoms with Crippen molar-refractivity contribution in [1.82, 2.24) is 10.6 Å². The fourth-order valence-electron chi connectivity index (χ4n) is 3.87. The number of benzene rings is 2. The zero-order valence-electron chi connectivity index (χ0n) is 16.8. The highest BCUT2D eigenvalue weighted by Gasteiger charge is 2.35. The molecule has 0 spiro atoms. The summed E-state index contributed by atoms with van der Waals surface area (Å²) >= 11 is 0. The maximum Gasteiger partial charge on any atom is 0.191 e. The van der Waals surface area contributed by atoms with Crippen molar-refractivity contribution >= 4 is 5.96 Å². The maximum absolute atomic E-state index is 13.4. The van der Waals surface area contributed by atoms with E-state index in [-0.39, 0.29) is 11.2 Å². The average Bonchev–Trinajstić information content (AvgIpc) is 2.71. The second kappa shape index (κ2) is 9.69. The van der Waals surface area contributed by atoms with E-state index >= 15 is 0 Å². The van der Waals surface area contributed by atoms with Gasteiger partial charge in [0.25, 0.3) is 0 Å². The first-order valence-electron chi connectivity index (χ1n) is 10.0. The molecule has 0 aliphatic carbocycles. The minimum Gasteiger partial charge on any atom is -0.381 e. The number of hydrogen-bond donors (Lipinski definition) is 2. The standard InChI is InChI=1S/C23H30FN3O/c1-3-25-22(26-16-19-8-6-9-20(24)15-19)27-17-23(11-13-28-14-12-23)21-10-5-4-7-18(21)2/h4-10,15H,3,11-14,16-17H2,1-2H3,(H2,25,26,27). The average molecular weight is 384 g/mol. The molecule has 4 nitrogen and oxygen atoms in total. The van der Waals surface area contributed by atoms with Crippen molar-refractivity contribution in [1.29, 1.82) is 0 Å². The summed E-state index contributed by atoms with van der Waals surface area (Å²) in [4.78, 5) is 4.65. The third-order valence-corrected chi connectivity index (χ3v) is 5.41. The minimum atomic E-state index is -0.230. The van der Waals surface area contributed by atoms with Gasteiger partial charge >= 0.3 is 0 Å². The van der Waals surface area contributed by atoms with E-state index in [0.717, 1.165) is 50.7 Å². The first kappa shape index (κ1) is 20.3. The Bertz CT molecular complexity index is 800. The monoisotopic (exact) mass is 383 g/mol. The fraction of sp³-hybridized carbons (Fsp3) is 0.435. The molecule has 28 heavy (non-hydrogen) atoms. The Kier molecular flexibility index (Phi) is 7.04. The van der Waals surface area contributed by atoms with E-state index in [1.54, 1.807) is 6.07 Å².